The molecule has 3 heteroatoms. The van der Waals surface area contributed by atoms with Crippen LogP contribution in [0.25, 0.3) is 0 Å². The molecule has 3 aliphatic rings. The fourth-order valence-electron chi connectivity index (χ4n) is 7.05. The molecule has 0 bridgehead atoms. The van der Waals surface area contributed by atoms with Gasteiger partial charge >= 0.3 is 0 Å². The van der Waals surface area contributed by atoms with Gasteiger partial charge < -0.3 is 15.9 Å². The van der Waals surface area contributed by atoms with Gasteiger partial charge in [0.25, 0.3) is 0 Å². The number of benzene rings is 1. The van der Waals surface area contributed by atoms with Crippen LogP contribution in [0, 0.1) is 22.7 Å². The SMILES string of the molecule is CC1(C)C2CC[C@@]3(C)c4c(O)cc(O)cc4C[C@@H]3[C@@]2(C)CC[C@@H]1N. The summed E-state index contributed by atoms with van der Waals surface area (Å²) in [6.07, 6.45) is 5.49. The Labute approximate surface area is 145 Å². The molecule has 0 saturated heterocycles. The molecule has 0 amide bonds. The predicted octanol–water partition coefficient (Wildman–Crippen LogP) is 4.09. The van der Waals surface area contributed by atoms with Gasteiger partial charge in [0.15, 0.2) is 0 Å². The highest BCUT2D eigenvalue weighted by molar-refractivity contribution is 5.54. The third-order valence-corrected chi connectivity index (χ3v) is 8.34. The molecule has 0 radical (unpaired) electrons. The van der Waals surface area contributed by atoms with Crippen LogP contribution in [0.4, 0.5) is 0 Å². The molecule has 1 aromatic rings. The first-order valence-electron chi connectivity index (χ1n) is 9.41. The lowest BCUT2D eigenvalue weighted by Gasteiger charge is -2.62. The third kappa shape index (κ3) is 1.82. The Kier molecular flexibility index (Phi) is 3.18. The monoisotopic (exact) mass is 329 g/mol. The summed E-state index contributed by atoms with van der Waals surface area (Å²) < 4.78 is 0. The lowest BCUT2D eigenvalue weighted by atomic mass is 9.43. The molecule has 4 rings (SSSR count). The van der Waals surface area contributed by atoms with Crippen LogP contribution in [0.1, 0.15) is 64.5 Å². The zero-order valence-corrected chi connectivity index (χ0v) is 15.4. The summed E-state index contributed by atoms with van der Waals surface area (Å²) in [4.78, 5) is 0. The Balaban J connectivity index is 1.83. The van der Waals surface area contributed by atoms with E-state index in [0.29, 0.717) is 11.8 Å². The molecule has 5 atom stereocenters. The molecule has 0 heterocycles. The maximum absolute atomic E-state index is 10.6. The fourth-order valence-corrected chi connectivity index (χ4v) is 7.05. The molecule has 3 nitrogen and oxygen atoms in total. The minimum atomic E-state index is 0.00980. The molecule has 24 heavy (non-hydrogen) atoms. The van der Waals surface area contributed by atoms with Gasteiger partial charge in [-0.1, -0.05) is 27.7 Å². The van der Waals surface area contributed by atoms with Crippen LogP contribution in [0.2, 0.25) is 0 Å². The number of hydrogen-bond donors (Lipinski definition) is 3. The summed E-state index contributed by atoms with van der Waals surface area (Å²) >= 11 is 0. The maximum Gasteiger partial charge on any atom is 0.123 e. The largest absolute Gasteiger partial charge is 0.508 e. The van der Waals surface area contributed by atoms with Crippen molar-refractivity contribution in [2.45, 2.75) is 71.3 Å². The van der Waals surface area contributed by atoms with Gasteiger partial charge in [-0.05, 0) is 66.4 Å². The Hall–Kier alpha value is -1.22. The number of fused-ring (bicyclic) bond motifs is 5. The van der Waals surface area contributed by atoms with E-state index in [1.54, 1.807) is 0 Å². The van der Waals surface area contributed by atoms with Gasteiger partial charge in [0.2, 0.25) is 0 Å². The quantitative estimate of drug-likeness (QED) is 0.671. The standard InChI is InChI=1S/C21H31NO2/c1-19(2)15-5-7-21(4)16(20(15,3)8-6-17(19)22)10-12-9-13(23)11-14(24)18(12)21/h9,11,15-17,23-24H,5-8,10,22H2,1-4H3/t15?,16-,17+,20+,21-/m1/s1. The molecule has 2 saturated carbocycles. The fraction of sp³-hybridized carbons (Fsp3) is 0.714. The number of hydrogen-bond acceptors (Lipinski definition) is 3. The van der Waals surface area contributed by atoms with E-state index >= 15 is 0 Å². The summed E-state index contributed by atoms with van der Waals surface area (Å²) in [5.74, 6) is 1.60. The molecule has 1 unspecified atom stereocenters. The third-order valence-electron chi connectivity index (χ3n) is 8.34. The van der Waals surface area contributed by atoms with E-state index in [1.807, 2.05) is 6.07 Å². The van der Waals surface area contributed by atoms with Crippen LogP contribution in [-0.4, -0.2) is 16.3 Å². The molecule has 3 aliphatic carbocycles. The molecule has 0 aromatic heterocycles. The van der Waals surface area contributed by atoms with Crippen molar-refractivity contribution in [2.24, 2.45) is 28.4 Å². The van der Waals surface area contributed by atoms with E-state index in [0.717, 1.165) is 30.4 Å². The highest BCUT2D eigenvalue weighted by Crippen LogP contribution is 2.68. The topological polar surface area (TPSA) is 66.5 Å². The lowest BCUT2D eigenvalue weighted by molar-refractivity contribution is -0.107. The zero-order valence-electron chi connectivity index (χ0n) is 15.4. The average molecular weight is 329 g/mol. The van der Waals surface area contributed by atoms with Gasteiger partial charge in [-0.2, -0.15) is 0 Å². The Morgan fingerprint density at radius 2 is 1.71 bits per heavy atom. The van der Waals surface area contributed by atoms with Crippen molar-refractivity contribution in [2.75, 3.05) is 0 Å². The van der Waals surface area contributed by atoms with E-state index in [2.05, 4.69) is 27.7 Å². The highest BCUT2D eigenvalue weighted by atomic mass is 16.3. The van der Waals surface area contributed by atoms with Crippen molar-refractivity contribution >= 4 is 0 Å². The van der Waals surface area contributed by atoms with Crippen LogP contribution in [0.5, 0.6) is 11.5 Å². The number of phenols is 2. The van der Waals surface area contributed by atoms with Gasteiger partial charge in [0.05, 0.1) is 0 Å². The van der Waals surface area contributed by atoms with Crippen LogP contribution in [0.3, 0.4) is 0 Å². The number of aromatic hydroxyl groups is 2. The molecule has 2 fully saturated rings. The number of phenolic OH excluding ortho intramolecular Hbond substituents is 2. The average Bonchev–Trinajstić information content (AvgIpc) is 2.77. The minimum absolute atomic E-state index is 0.00980. The van der Waals surface area contributed by atoms with Gasteiger partial charge in [0, 0.05) is 23.1 Å². The first-order chi connectivity index (χ1) is 11.1. The molecular formula is C21H31NO2. The van der Waals surface area contributed by atoms with E-state index in [9.17, 15) is 10.2 Å². The van der Waals surface area contributed by atoms with Crippen molar-refractivity contribution in [3.05, 3.63) is 23.3 Å². The van der Waals surface area contributed by atoms with Crippen molar-refractivity contribution in [1.29, 1.82) is 0 Å². The van der Waals surface area contributed by atoms with Gasteiger partial charge in [-0.15, -0.1) is 0 Å². The second-order valence-corrected chi connectivity index (χ2v) is 9.74. The summed E-state index contributed by atoms with van der Waals surface area (Å²) in [6.45, 7) is 9.51. The van der Waals surface area contributed by atoms with Crippen LogP contribution in [-0.2, 0) is 11.8 Å². The molecule has 4 N–H and O–H groups in total. The van der Waals surface area contributed by atoms with E-state index in [4.69, 9.17) is 5.73 Å². The molecule has 0 spiro atoms. The smallest absolute Gasteiger partial charge is 0.123 e. The summed E-state index contributed by atoms with van der Waals surface area (Å²) in [5.41, 5.74) is 9.16. The van der Waals surface area contributed by atoms with Gasteiger partial charge in [-0.3, -0.25) is 0 Å². The van der Waals surface area contributed by atoms with Gasteiger partial charge in [0.1, 0.15) is 11.5 Å². The maximum atomic E-state index is 10.6. The van der Waals surface area contributed by atoms with Crippen molar-refractivity contribution < 1.29 is 10.2 Å². The molecule has 1 aromatic carbocycles. The first kappa shape index (κ1) is 16.3. The Morgan fingerprint density at radius 3 is 2.42 bits per heavy atom. The Bertz CT molecular complexity index is 697. The van der Waals surface area contributed by atoms with E-state index in [-0.39, 0.29) is 33.8 Å². The second kappa shape index (κ2) is 4.69. The lowest BCUT2D eigenvalue weighted by Crippen LogP contribution is -2.60. The first-order valence-corrected chi connectivity index (χ1v) is 9.41. The van der Waals surface area contributed by atoms with Crippen molar-refractivity contribution in [3.8, 4) is 11.5 Å². The minimum Gasteiger partial charge on any atom is -0.508 e. The summed E-state index contributed by atoms with van der Waals surface area (Å²) in [7, 11) is 0. The summed E-state index contributed by atoms with van der Waals surface area (Å²) in [5, 5.41) is 20.5. The zero-order chi connectivity index (χ0) is 17.5. The normalized spacial score (nSPS) is 43.0. The van der Waals surface area contributed by atoms with Crippen LogP contribution >= 0.6 is 0 Å². The molecule has 0 aliphatic heterocycles. The van der Waals surface area contributed by atoms with E-state index in [1.165, 1.54) is 18.9 Å². The molecule has 132 valence electrons. The van der Waals surface area contributed by atoms with E-state index < -0.39 is 0 Å². The van der Waals surface area contributed by atoms with Crippen LogP contribution in [0.15, 0.2) is 12.1 Å². The number of nitrogens with two attached hydrogens (primary N) is 1. The predicted molar refractivity (Wildman–Crippen MR) is 96.1 cm³/mol. The summed E-state index contributed by atoms with van der Waals surface area (Å²) in [6, 6.07) is 3.67. The van der Waals surface area contributed by atoms with Crippen LogP contribution < -0.4 is 5.73 Å². The second-order valence-electron chi connectivity index (χ2n) is 9.74. The number of rotatable bonds is 0. The molecular weight excluding hydrogens is 298 g/mol. The van der Waals surface area contributed by atoms with Crippen molar-refractivity contribution in [1.82, 2.24) is 0 Å². The van der Waals surface area contributed by atoms with Gasteiger partial charge in [-0.25, -0.2) is 0 Å². The highest BCUT2D eigenvalue weighted by Gasteiger charge is 2.62. The van der Waals surface area contributed by atoms with Crippen molar-refractivity contribution in [3.63, 3.8) is 0 Å². The Morgan fingerprint density at radius 1 is 1.00 bits per heavy atom.